The Morgan fingerprint density at radius 3 is 2.72 bits per heavy atom. The fourth-order valence-corrected chi connectivity index (χ4v) is 3.17. The van der Waals surface area contributed by atoms with E-state index in [0.717, 1.165) is 23.7 Å². The molecule has 0 amide bonds. The lowest BCUT2D eigenvalue weighted by molar-refractivity contribution is 0.589. The molecule has 1 unspecified atom stereocenters. The summed E-state index contributed by atoms with van der Waals surface area (Å²) >= 11 is 1.78. The van der Waals surface area contributed by atoms with E-state index in [-0.39, 0.29) is 6.04 Å². The summed E-state index contributed by atoms with van der Waals surface area (Å²) < 4.78 is 2.05. The minimum Gasteiger partial charge on any atom is -0.336 e. The van der Waals surface area contributed by atoms with Gasteiger partial charge in [-0.05, 0) is 19.9 Å². The van der Waals surface area contributed by atoms with Crippen LogP contribution >= 0.6 is 11.3 Å². The number of rotatable bonds is 5. The molecule has 0 radical (unpaired) electrons. The smallest absolute Gasteiger partial charge is 0.116 e. The first kappa shape index (κ1) is 13.2. The van der Waals surface area contributed by atoms with Crippen LogP contribution in [0.15, 0.2) is 12.5 Å². The van der Waals surface area contributed by atoms with Crippen LogP contribution in [0.5, 0.6) is 0 Å². The topological polar surface area (TPSA) is 42.7 Å². The molecule has 2 aromatic heterocycles. The highest BCUT2D eigenvalue weighted by molar-refractivity contribution is 7.11. The molecule has 2 aromatic rings. The van der Waals surface area contributed by atoms with Gasteiger partial charge in [-0.3, -0.25) is 0 Å². The third-order valence-electron chi connectivity index (χ3n) is 3.05. The third-order valence-corrected chi connectivity index (χ3v) is 4.13. The third kappa shape index (κ3) is 2.47. The van der Waals surface area contributed by atoms with Crippen LogP contribution in [0.2, 0.25) is 0 Å². The molecule has 1 N–H and O–H groups in total. The summed E-state index contributed by atoms with van der Waals surface area (Å²) in [5.74, 6) is 0. The van der Waals surface area contributed by atoms with E-state index >= 15 is 0 Å². The van der Waals surface area contributed by atoms with E-state index in [4.69, 9.17) is 4.98 Å². The second-order valence-electron chi connectivity index (χ2n) is 4.33. The molecule has 0 aliphatic rings. The Hall–Kier alpha value is -1.20. The maximum atomic E-state index is 4.76. The summed E-state index contributed by atoms with van der Waals surface area (Å²) in [4.78, 5) is 10.3. The second kappa shape index (κ2) is 5.63. The highest BCUT2D eigenvalue weighted by atomic mass is 32.1. The lowest BCUT2D eigenvalue weighted by atomic mass is 10.2. The van der Waals surface area contributed by atoms with Crippen LogP contribution in [0.3, 0.4) is 0 Å². The van der Waals surface area contributed by atoms with Crippen molar-refractivity contribution >= 4 is 11.3 Å². The van der Waals surface area contributed by atoms with Crippen molar-refractivity contribution in [2.24, 2.45) is 7.05 Å². The minimum absolute atomic E-state index is 0.145. The number of imidazole rings is 1. The van der Waals surface area contributed by atoms with Gasteiger partial charge in [0.1, 0.15) is 11.0 Å². The van der Waals surface area contributed by atoms with Crippen molar-refractivity contribution in [1.82, 2.24) is 19.9 Å². The Labute approximate surface area is 112 Å². The molecule has 0 aromatic carbocycles. The summed E-state index contributed by atoms with van der Waals surface area (Å²) in [6.45, 7) is 7.32. The zero-order valence-corrected chi connectivity index (χ0v) is 12.2. The number of hydrogen-bond acceptors (Lipinski definition) is 4. The molecule has 0 saturated carbocycles. The van der Waals surface area contributed by atoms with Crippen molar-refractivity contribution in [3.63, 3.8) is 0 Å². The Kier molecular flexibility index (Phi) is 4.14. The van der Waals surface area contributed by atoms with E-state index in [1.807, 2.05) is 19.6 Å². The van der Waals surface area contributed by atoms with Crippen LogP contribution in [0.25, 0.3) is 0 Å². The fourth-order valence-electron chi connectivity index (χ4n) is 2.07. The highest BCUT2D eigenvalue weighted by Gasteiger charge is 2.20. The largest absolute Gasteiger partial charge is 0.336 e. The number of thiazole rings is 1. The van der Waals surface area contributed by atoms with Crippen LogP contribution < -0.4 is 5.32 Å². The van der Waals surface area contributed by atoms with Crippen molar-refractivity contribution < 1.29 is 0 Å². The van der Waals surface area contributed by atoms with Crippen molar-refractivity contribution in [3.8, 4) is 0 Å². The van der Waals surface area contributed by atoms with E-state index in [1.54, 1.807) is 11.3 Å². The molecule has 5 heteroatoms. The summed E-state index contributed by atoms with van der Waals surface area (Å²) in [6, 6.07) is 0.145. The van der Waals surface area contributed by atoms with Crippen LogP contribution in [0, 0.1) is 6.92 Å². The molecule has 18 heavy (non-hydrogen) atoms. The molecule has 1 atom stereocenters. The summed E-state index contributed by atoms with van der Waals surface area (Å²) in [5.41, 5.74) is 2.37. The van der Waals surface area contributed by atoms with Gasteiger partial charge in [-0.1, -0.05) is 13.8 Å². The van der Waals surface area contributed by atoms with Crippen LogP contribution in [-0.4, -0.2) is 21.1 Å². The highest BCUT2D eigenvalue weighted by Crippen LogP contribution is 2.28. The van der Waals surface area contributed by atoms with Crippen LogP contribution in [-0.2, 0) is 13.5 Å². The number of nitrogens with zero attached hydrogens (tertiary/aromatic N) is 3. The first-order valence-electron chi connectivity index (χ1n) is 6.33. The van der Waals surface area contributed by atoms with Gasteiger partial charge in [0.25, 0.3) is 0 Å². The molecule has 0 fully saturated rings. The van der Waals surface area contributed by atoms with Gasteiger partial charge in [-0.25, -0.2) is 9.97 Å². The molecule has 4 nitrogen and oxygen atoms in total. The van der Waals surface area contributed by atoms with Gasteiger partial charge in [0.05, 0.1) is 23.9 Å². The molecule has 0 bridgehead atoms. The van der Waals surface area contributed by atoms with Crippen molar-refractivity contribution in [3.05, 3.63) is 33.8 Å². The second-order valence-corrected chi connectivity index (χ2v) is 5.56. The molecule has 0 aliphatic carbocycles. The number of aryl methyl sites for hydroxylation is 3. The van der Waals surface area contributed by atoms with Gasteiger partial charge >= 0.3 is 0 Å². The minimum atomic E-state index is 0.145. The van der Waals surface area contributed by atoms with Gasteiger partial charge in [-0.2, -0.15) is 0 Å². The first-order valence-corrected chi connectivity index (χ1v) is 7.14. The molecule has 0 aliphatic heterocycles. The van der Waals surface area contributed by atoms with E-state index < -0.39 is 0 Å². The number of hydrogen-bond donors (Lipinski definition) is 1. The zero-order valence-electron chi connectivity index (χ0n) is 11.4. The van der Waals surface area contributed by atoms with Gasteiger partial charge in [-0.15, -0.1) is 11.3 Å². The lowest BCUT2D eigenvalue weighted by Crippen LogP contribution is -2.23. The van der Waals surface area contributed by atoms with Gasteiger partial charge in [0.2, 0.25) is 0 Å². The number of nitrogens with one attached hydrogen (secondary N) is 1. The van der Waals surface area contributed by atoms with E-state index in [0.29, 0.717) is 0 Å². The zero-order chi connectivity index (χ0) is 13.1. The molecular weight excluding hydrogens is 244 g/mol. The maximum Gasteiger partial charge on any atom is 0.116 e. The summed E-state index contributed by atoms with van der Waals surface area (Å²) in [5, 5.41) is 4.63. The lowest BCUT2D eigenvalue weighted by Gasteiger charge is -2.15. The fraction of sp³-hybridized carbons (Fsp3) is 0.538. The number of aromatic nitrogens is 3. The molecule has 0 spiro atoms. The van der Waals surface area contributed by atoms with Gasteiger partial charge in [0.15, 0.2) is 0 Å². The normalized spacial score (nSPS) is 12.9. The van der Waals surface area contributed by atoms with Gasteiger partial charge in [0, 0.05) is 11.9 Å². The quantitative estimate of drug-likeness (QED) is 0.902. The van der Waals surface area contributed by atoms with E-state index in [2.05, 4.69) is 35.6 Å². The molecule has 98 valence electrons. The average Bonchev–Trinajstić information content (AvgIpc) is 2.92. The van der Waals surface area contributed by atoms with Gasteiger partial charge < -0.3 is 9.88 Å². The molecule has 2 rings (SSSR count). The predicted octanol–water partition coefficient (Wildman–Crippen LogP) is 2.45. The Morgan fingerprint density at radius 1 is 1.44 bits per heavy atom. The van der Waals surface area contributed by atoms with Crippen molar-refractivity contribution in [2.45, 2.75) is 33.2 Å². The molecule has 2 heterocycles. The molecular formula is C13H20N4S. The summed E-state index contributed by atoms with van der Waals surface area (Å²) in [6.07, 6.45) is 4.74. The van der Waals surface area contributed by atoms with Crippen LogP contribution in [0.4, 0.5) is 0 Å². The first-order chi connectivity index (χ1) is 8.67. The van der Waals surface area contributed by atoms with Crippen LogP contribution in [0.1, 0.15) is 41.2 Å². The predicted molar refractivity (Wildman–Crippen MR) is 75.0 cm³/mol. The molecule has 0 saturated heterocycles. The maximum absolute atomic E-state index is 4.76. The Bertz CT molecular complexity index is 515. The van der Waals surface area contributed by atoms with E-state index in [9.17, 15) is 0 Å². The van der Waals surface area contributed by atoms with E-state index in [1.165, 1.54) is 10.6 Å². The van der Waals surface area contributed by atoms with Crippen molar-refractivity contribution in [2.75, 3.05) is 6.54 Å². The Balaban J connectivity index is 2.38. The summed E-state index contributed by atoms with van der Waals surface area (Å²) in [7, 11) is 2.02. The monoisotopic (exact) mass is 264 g/mol. The Morgan fingerprint density at radius 2 is 2.22 bits per heavy atom. The SMILES string of the molecule is CCNC(c1nc(CC)c(C)s1)c1cncn1C. The standard InChI is InChI=1S/C13H20N4S/c1-5-10-9(3)18-13(16-10)12(15-6-2)11-7-14-8-17(11)4/h7-8,12,15H,5-6H2,1-4H3. The average molecular weight is 264 g/mol. The van der Waals surface area contributed by atoms with Crippen molar-refractivity contribution in [1.29, 1.82) is 0 Å².